The molecule has 2 aromatic heterocycles. The number of aromatic nitrogens is 3. The summed E-state index contributed by atoms with van der Waals surface area (Å²) in [6.45, 7) is 11.6. The van der Waals surface area contributed by atoms with Crippen LogP contribution in [-0.4, -0.2) is 64.6 Å². The number of rotatable bonds is 8. The molecule has 3 rings (SSSR count). The van der Waals surface area contributed by atoms with E-state index in [0.29, 0.717) is 37.6 Å². The minimum absolute atomic E-state index is 0.00141. The van der Waals surface area contributed by atoms with Gasteiger partial charge in [-0.15, -0.1) is 0 Å². The minimum atomic E-state index is -0.110. The smallest absolute Gasteiger partial charge is 0.295 e. The molecule has 3 heterocycles. The Labute approximate surface area is 171 Å². The number of piperidine rings is 1. The van der Waals surface area contributed by atoms with Crippen LogP contribution in [0.4, 0.5) is 5.82 Å². The number of carbonyl (C=O) groups excluding carboxylic acids is 1. The number of aryl methyl sites for hydroxylation is 1. The highest BCUT2D eigenvalue weighted by molar-refractivity contribution is 5.79. The van der Waals surface area contributed by atoms with Crippen LogP contribution in [0.2, 0.25) is 0 Å². The Morgan fingerprint density at radius 3 is 2.62 bits per heavy atom. The van der Waals surface area contributed by atoms with E-state index in [1.807, 2.05) is 24.0 Å². The summed E-state index contributed by atoms with van der Waals surface area (Å²) in [6.07, 6.45) is 3.14. The number of hydrogen-bond acceptors (Lipinski definition) is 6. The number of pyridine rings is 1. The van der Waals surface area contributed by atoms with Crippen molar-refractivity contribution >= 4 is 22.9 Å². The summed E-state index contributed by atoms with van der Waals surface area (Å²) in [5, 5.41) is 3.07. The summed E-state index contributed by atoms with van der Waals surface area (Å²) in [5.41, 5.74) is 1.23. The maximum Gasteiger partial charge on any atom is 0.295 e. The van der Waals surface area contributed by atoms with Crippen LogP contribution in [0.3, 0.4) is 0 Å². The van der Waals surface area contributed by atoms with Crippen LogP contribution in [0, 0.1) is 5.92 Å². The average Bonchev–Trinajstić information content (AvgIpc) is 2.76. The zero-order valence-corrected chi connectivity index (χ0v) is 17.7. The SMILES string of the molecule is CCN(CC)CCNC(=O)C1CCN(c2nc3cccnc3n(CC)c2=O)CC1. The Bertz CT molecular complexity index is 884. The van der Waals surface area contributed by atoms with Gasteiger partial charge in [-0.1, -0.05) is 13.8 Å². The second-order valence-corrected chi connectivity index (χ2v) is 7.41. The summed E-state index contributed by atoms with van der Waals surface area (Å²) in [5.74, 6) is 0.588. The van der Waals surface area contributed by atoms with Crippen molar-refractivity contribution in [3.63, 3.8) is 0 Å². The van der Waals surface area contributed by atoms with Crippen molar-refractivity contribution in [3.05, 3.63) is 28.7 Å². The van der Waals surface area contributed by atoms with E-state index >= 15 is 0 Å². The first kappa shape index (κ1) is 21.2. The van der Waals surface area contributed by atoms with Crippen molar-refractivity contribution in [3.8, 4) is 0 Å². The second kappa shape index (κ2) is 9.82. The molecule has 0 saturated carbocycles. The van der Waals surface area contributed by atoms with Gasteiger partial charge in [-0.05, 0) is 45.0 Å². The molecule has 0 aliphatic carbocycles. The predicted octanol–water partition coefficient (Wildman–Crippen LogP) is 1.49. The predicted molar refractivity (Wildman–Crippen MR) is 115 cm³/mol. The topological polar surface area (TPSA) is 83.4 Å². The fraction of sp³-hybridized carbons (Fsp3) is 0.619. The minimum Gasteiger partial charge on any atom is -0.355 e. The first-order valence-electron chi connectivity index (χ1n) is 10.7. The van der Waals surface area contributed by atoms with Gasteiger partial charge in [-0.25, -0.2) is 9.97 Å². The first-order valence-corrected chi connectivity index (χ1v) is 10.7. The van der Waals surface area contributed by atoms with Crippen LogP contribution in [0.15, 0.2) is 23.1 Å². The highest BCUT2D eigenvalue weighted by Gasteiger charge is 2.27. The van der Waals surface area contributed by atoms with E-state index in [2.05, 4.69) is 34.0 Å². The van der Waals surface area contributed by atoms with Crippen LogP contribution in [0.1, 0.15) is 33.6 Å². The van der Waals surface area contributed by atoms with Crippen molar-refractivity contribution in [1.29, 1.82) is 0 Å². The maximum atomic E-state index is 12.9. The van der Waals surface area contributed by atoms with Crippen molar-refractivity contribution in [1.82, 2.24) is 24.8 Å². The molecule has 0 atom stereocenters. The van der Waals surface area contributed by atoms with Gasteiger partial charge in [-0.2, -0.15) is 0 Å². The molecule has 1 amide bonds. The summed E-state index contributed by atoms with van der Waals surface area (Å²) in [6, 6.07) is 3.71. The first-order chi connectivity index (χ1) is 14.1. The molecule has 1 N–H and O–H groups in total. The van der Waals surface area contributed by atoms with Crippen molar-refractivity contribution < 1.29 is 4.79 Å². The Morgan fingerprint density at radius 2 is 1.97 bits per heavy atom. The van der Waals surface area contributed by atoms with Crippen LogP contribution in [-0.2, 0) is 11.3 Å². The molecule has 0 aromatic carbocycles. The van der Waals surface area contributed by atoms with Gasteiger partial charge in [0.25, 0.3) is 5.56 Å². The molecule has 0 spiro atoms. The summed E-state index contributed by atoms with van der Waals surface area (Å²) in [4.78, 5) is 38.6. The van der Waals surface area contributed by atoms with Crippen molar-refractivity contribution in [2.75, 3.05) is 44.2 Å². The van der Waals surface area contributed by atoms with Gasteiger partial charge in [0, 0.05) is 44.8 Å². The Morgan fingerprint density at radius 1 is 1.24 bits per heavy atom. The third kappa shape index (κ3) is 4.75. The van der Waals surface area contributed by atoms with E-state index in [1.54, 1.807) is 10.8 Å². The van der Waals surface area contributed by atoms with E-state index in [1.165, 1.54) is 0 Å². The van der Waals surface area contributed by atoms with E-state index < -0.39 is 0 Å². The number of carbonyl (C=O) groups is 1. The summed E-state index contributed by atoms with van der Waals surface area (Å²) in [7, 11) is 0. The highest BCUT2D eigenvalue weighted by atomic mass is 16.2. The van der Waals surface area contributed by atoms with Gasteiger partial charge < -0.3 is 15.1 Å². The number of amides is 1. The summed E-state index contributed by atoms with van der Waals surface area (Å²) >= 11 is 0. The molecule has 1 aliphatic rings. The highest BCUT2D eigenvalue weighted by Crippen LogP contribution is 2.21. The van der Waals surface area contributed by atoms with Gasteiger partial charge in [0.05, 0.1) is 0 Å². The Hall–Kier alpha value is -2.48. The van der Waals surface area contributed by atoms with Gasteiger partial charge in [-0.3, -0.25) is 14.2 Å². The lowest BCUT2D eigenvalue weighted by Gasteiger charge is -2.32. The fourth-order valence-electron chi connectivity index (χ4n) is 3.94. The maximum absolute atomic E-state index is 12.9. The fourth-order valence-corrected chi connectivity index (χ4v) is 3.94. The molecule has 1 aliphatic heterocycles. The average molecular weight is 401 g/mol. The molecule has 29 heavy (non-hydrogen) atoms. The number of nitrogens with one attached hydrogen (secondary N) is 1. The van der Waals surface area contributed by atoms with E-state index in [0.717, 1.165) is 38.0 Å². The van der Waals surface area contributed by atoms with Crippen LogP contribution in [0.25, 0.3) is 11.2 Å². The number of hydrogen-bond donors (Lipinski definition) is 1. The lowest BCUT2D eigenvalue weighted by atomic mass is 9.96. The van der Waals surface area contributed by atoms with Gasteiger partial charge in [0.1, 0.15) is 5.52 Å². The van der Waals surface area contributed by atoms with Crippen LogP contribution in [0.5, 0.6) is 0 Å². The van der Waals surface area contributed by atoms with E-state index in [9.17, 15) is 9.59 Å². The third-order valence-corrected chi connectivity index (χ3v) is 5.79. The monoisotopic (exact) mass is 400 g/mol. The molecular formula is C21H32N6O2. The zero-order valence-electron chi connectivity index (χ0n) is 17.7. The number of fused-ring (bicyclic) bond motifs is 1. The van der Waals surface area contributed by atoms with Gasteiger partial charge in [0.2, 0.25) is 5.91 Å². The standard InChI is InChI=1S/C21H32N6O2/c1-4-25(5-2)15-12-23-20(28)16-9-13-26(14-10-16)19-21(29)27(6-3)18-17(24-19)8-7-11-22-18/h7-8,11,16H,4-6,9-10,12-15H2,1-3H3,(H,23,28). The number of likely N-dealkylation sites (N-methyl/N-ethyl adjacent to an activating group) is 1. The van der Waals surface area contributed by atoms with Crippen LogP contribution >= 0.6 is 0 Å². The second-order valence-electron chi connectivity index (χ2n) is 7.41. The lowest BCUT2D eigenvalue weighted by molar-refractivity contribution is -0.125. The molecule has 0 radical (unpaired) electrons. The Kier molecular flexibility index (Phi) is 7.19. The van der Waals surface area contributed by atoms with Gasteiger partial charge in [0.15, 0.2) is 11.5 Å². The molecule has 158 valence electrons. The number of anilines is 1. The molecule has 2 aromatic rings. The molecular weight excluding hydrogens is 368 g/mol. The van der Waals surface area contributed by atoms with Crippen molar-refractivity contribution in [2.24, 2.45) is 5.92 Å². The quantitative estimate of drug-likeness (QED) is 0.723. The zero-order chi connectivity index (χ0) is 20.8. The van der Waals surface area contributed by atoms with E-state index in [4.69, 9.17) is 0 Å². The molecule has 0 bridgehead atoms. The van der Waals surface area contributed by atoms with Gasteiger partial charge >= 0.3 is 0 Å². The molecule has 8 heteroatoms. The number of nitrogens with zero attached hydrogens (tertiary/aromatic N) is 5. The Balaban J connectivity index is 1.63. The van der Waals surface area contributed by atoms with Crippen LogP contribution < -0.4 is 15.8 Å². The van der Waals surface area contributed by atoms with Crippen molar-refractivity contribution in [2.45, 2.75) is 40.2 Å². The molecule has 8 nitrogen and oxygen atoms in total. The largest absolute Gasteiger partial charge is 0.355 e. The van der Waals surface area contributed by atoms with E-state index in [-0.39, 0.29) is 17.4 Å². The molecule has 1 fully saturated rings. The third-order valence-electron chi connectivity index (χ3n) is 5.79. The normalized spacial score (nSPS) is 15.2. The lowest BCUT2D eigenvalue weighted by Crippen LogP contribution is -2.44. The molecule has 1 saturated heterocycles. The summed E-state index contributed by atoms with van der Waals surface area (Å²) < 4.78 is 1.67. The molecule has 0 unspecified atom stereocenters.